The van der Waals surface area contributed by atoms with E-state index in [9.17, 15) is 5.11 Å². The van der Waals surface area contributed by atoms with Crippen molar-refractivity contribution in [2.75, 3.05) is 13.1 Å². The molecule has 0 spiro atoms. The molecular formula is C27H31N3O. The van der Waals surface area contributed by atoms with Crippen LogP contribution in [-0.2, 0) is 13.0 Å². The molecule has 4 heteroatoms. The molecule has 1 aliphatic rings. The van der Waals surface area contributed by atoms with Gasteiger partial charge in [0.2, 0.25) is 0 Å². The van der Waals surface area contributed by atoms with Gasteiger partial charge in [-0.1, -0.05) is 66.7 Å². The standard InChI is InChI=1S/C27H31N3O/c1-27(2,17-20-11-12-22-8-4-5-9-23(22)15-20)29-18-26(31)25-13-14-30(25)19-21-7-6-10-24(16-21)28-3/h4-12,15-16,25-26,29,31H,13-14,17-19H2,1-2H3/t25-,26-/m0/s1. The zero-order valence-corrected chi connectivity index (χ0v) is 18.4. The molecule has 1 saturated heterocycles. The van der Waals surface area contributed by atoms with Gasteiger partial charge in [-0.15, -0.1) is 0 Å². The molecule has 0 amide bonds. The van der Waals surface area contributed by atoms with Crippen LogP contribution in [-0.4, -0.2) is 40.8 Å². The number of nitrogens with one attached hydrogen (secondary N) is 1. The van der Waals surface area contributed by atoms with E-state index >= 15 is 0 Å². The van der Waals surface area contributed by atoms with Crippen LogP contribution in [0.3, 0.4) is 0 Å². The lowest BCUT2D eigenvalue weighted by molar-refractivity contribution is -0.0211. The van der Waals surface area contributed by atoms with Crippen molar-refractivity contribution < 1.29 is 5.11 Å². The van der Waals surface area contributed by atoms with E-state index in [4.69, 9.17) is 6.57 Å². The summed E-state index contributed by atoms with van der Waals surface area (Å²) in [4.78, 5) is 5.83. The Balaban J connectivity index is 1.31. The Bertz CT molecular complexity index is 1090. The van der Waals surface area contributed by atoms with Gasteiger partial charge < -0.3 is 10.4 Å². The van der Waals surface area contributed by atoms with Gasteiger partial charge in [-0.2, -0.15) is 0 Å². The van der Waals surface area contributed by atoms with E-state index in [1.807, 2.05) is 18.2 Å². The van der Waals surface area contributed by atoms with Crippen molar-refractivity contribution in [1.82, 2.24) is 10.2 Å². The Morgan fingerprint density at radius 2 is 1.87 bits per heavy atom. The molecule has 1 aliphatic heterocycles. The van der Waals surface area contributed by atoms with Crippen LogP contribution < -0.4 is 5.32 Å². The van der Waals surface area contributed by atoms with Crippen molar-refractivity contribution in [2.24, 2.45) is 0 Å². The van der Waals surface area contributed by atoms with Crippen molar-refractivity contribution in [2.45, 2.75) is 50.9 Å². The molecule has 3 aromatic rings. The Morgan fingerprint density at radius 3 is 2.61 bits per heavy atom. The lowest BCUT2D eigenvalue weighted by Crippen LogP contribution is -2.57. The summed E-state index contributed by atoms with van der Waals surface area (Å²) in [5.41, 5.74) is 3.00. The molecule has 0 radical (unpaired) electrons. The largest absolute Gasteiger partial charge is 0.390 e. The number of hydrogen-bond acceptors (Lipinski definition) is 3. The molecule has 1 fully saturated rings. The molecule has 2 atom stereocenters. The molecule has 4 nitrogen and oxygen atoms in total. The lowest BCUT2D eigenvalue weighted by atomic mass is 9.91. The summed E-state index contributed by atoms with van der Waals surface area (Å²) < 4.78 is 0. The van der Waals surface area contributed by atoms with Crippen LogP contribution in [0.25, 0.3) is 15.6 Å². The maximum absolute atomic E-state index is 10.8. The highest BCUT2D eigenvalue weighted by molar-refractivity contribution is 5.83. The first-order chi connectivity index (χ1) is 14.9. The molecule has 2 N–H and O–H groups in total. The summed E-state index contributed by atoms with van der Waals surface area (Å²) in [5, 5.41) is 17.0. The first-order valence-corrected chi connectivity index (χ1v) is 11.0. The second-order valence-corrected chi connectivity index (χ2v) is 9.30. The highest BCUT2D eigenvalue weighted by Crippen LogP contribution is 2.25. The van der Waals surface area contributed by atoms with Crippen LogP contribution in [0.15, 0.2) is 66.7 Å². The summed E-state index contributed by atoms with van der Waals surface area (Å²) in [6, 6.07) is 23.0. The van der Waals surface area contributed by atoms with Crippen LogP contribution in [0.1, 0.15) is 31.4 Å². The Morgan fingerprint density at radius 1 is 1.06 bits per heavy atom. The summed E-state index contributed by atoms with van der Waals surface area (Å²) >= 11 is 0. The number of nitrogens with zero attached hydrogens (tertiary/aromatic N) is 2. The molecule has 0 bridgehead atoms. The van der Waals surface area contributed by atoms with E-state index in [0.29, 0.717) is 12.2 Å². The summed E-state index contributed by atoms with van der Waals surface area (Å²) in [7, 11) is 0. The predicted molar refractivity (Wildman–Crippen MR) is 127 cm³/mol. The zero-order valence-electron chi connectivity index (χ0n) is 18.4. The van der Waals surface area contributed by atoms with Crippen molar-refractivity contribution in [3.05, 3.63) is 89.3 Å². The molecule has 0 saturated carbocycles. The quantitative estimate of drug-likeness (QED) is 0.514. The predicted octanol–water partition coefficient (Wildman–Crippen LogP) is 4.94. The highest BCUT2D eigenvalue weighted by atomic mass is 16.3. The minimum Gasteiger partial charge on any atom is -0.390 e. The van der Waals surface area contributed by atoms with Crippen molar-refractivity contribution in [3.8, 4) is 0 Å². The Hall–Kier alpha value is -2.71. The minimum atomic E-state index is -0.409. The molecule has 0 aromatic heterocycles. The third-order valence-electron chi connectivity index (χ3n) is 6.30. The topological polar surface area (TPSA) is 39.9 Å². The van der Waals surface area contributed by atoms with E-state index in [-0.39, 0.29) is 11.6 Å². The fourth-order valence-corrected chi connectivity index (χ4v) is 4.49. The van der Waals surface area contributed by atoms with Crippen molar-refractivity contribution >= 4 is 16.5 Å². The van der Waals surface area contributed by atoms with Gasteiger partial charge in [-0.25, -0.2) is 4.85 Å². The van der Waals surface area contributed by atoms with Crippen LogP contribution in [0.4, 0.5) is 5.69 Å². The number of aliphatic hydroxyl groups excluding tert-OH is 1. The molecule has 3 aromatic carbocycles. The Labute approximate surface area is 185 Å². The fraction of sp³-hybridized carbons (Fsp3) is 0.370. The van der Waals surface area contributed by atoms with E-state index in [1.165, 1.54) is 16.3 Å². The van der Waals surface area contributed by atoms with Crippen LogP contribution in [0.2, 0.25) is 0 Å². The van der Waals surface area contributed by atoms with Crippen LogP contribution >= 0.6 is 0 Å². The van der Waals surface area contributed by atoms with Gasteiger partial charge in [-0.05, 0) is 48.6 Å². The van der Waals surface area contributed by atoms with Gasteiger partial charge in [0.1, 0.15) is 0 Å². The highest BCUT2D eigenvalue weighted by Gasteiger charge is 2.34. The number of aliphatic hydroxyl groups is 1. The first kappa shape index (κ1) is 21.5. The van der Waals surface area contributed by atoms with Crippen LogP contribution in [0.5, 0.6) is 0 Å². The molecule has 31 heavy (non-hydrogen) atoms. The average Bonchev–Trinajstić information content (AvgIpc) is 2.75. The number of fused-ring (bicyclic) bond motifs is 1. The van der Waals surface area contributed by atoms with Gasteiger partial charge in [0.05, 0.1) is 12.7 Å². The van der Waals surface area contributed by atoms with Gasteiger partial charge >= 0.3 is 0 Å². The molecule has 1 heterocycles. The fourth-order valence-electron chi connectivity index (χ4n) is 4.49. The summed E-state index contributed by atoms with van der Waals surface area (Å²) in [6.07, 6.45) is 1.51. The summed E-state index contributed by atoms with van der Waals surface area (Å²) in [6.45, 7) is 13.9. The lowest BCUT2D eigenvalue weighted by Gasteiger charge is -2.44. The van der Waals surface area contributed by atoms with Crippen molar-refractivity contribution in [1.29, 1.82) is 0 Å². The minimum absolute atomic E-state index is 0.109. The Kier molecular flexibility index (Phi) is 6.38. The second-order valence-electron chi connectivity index (χ2n) is 9.30. The van der Waals surface area contributed by atoms with Gasteiger partial charge in [0.25, 0.3) is 0 Å². The van der Waals surface area contributed by atoms with Crippen molar-refractivity contribution in [3.63, 3.8) is 0 Å². The zero-order chi connectivity index (χ0) is 21.8. The van der Waals surface area contributed by atoms with E-state index < -0.39 is 6.10 Å². The molecule has 4 rings (SSSR count). The van der Waals surface area contributed by atoms with Gasteiger partial charge in [0, 0.05) is 31.2 Å². The number of benzene rings is 3. The SMILES string of the molecule is [C-]#[N+]c1cccc(CN2CC[C@H]2[C@@H](O)CNC(C)(C)Cc2ccc3ccccc3c2)c1. The molecule has 0 unspecified atom stereocenters. The van der Waals surface area contributed by atoms with Crippen LogP contribution in [0, 0.1) is 6.57 Å². The third kappa shape index (κ3) is 5.32. The number of likely N-dealkylation sites (tertiary alicyclic amines) is 1. The second kappa shape index (κ2) is 9.20. The first-order valence-electron chi connectivity index (χ1n) is 11.0. The third-order valence-corrected chi connectivity index (χ3v) is 6.30. The molecular weight excluding hydrogens is 382 g/mol. The normalized spacial score (nSPS) is 17.8. The number of β-amino-alcohol motifs (C(OH)–C–C–N with tert-alkyl or cyclic N) is 1. The monoisotopic (exact) mass is 413 g/mol. The number of hydrogen-bond donors (Lipinski definition) is 2. The van der Waals surface area contributed by atoms with Gasteiger partial charge in [0.15, 0.2) is 5.69 Å². The number of rotatable bonds is 8. The average molecular weight is 414 g/mol. The summed E-state index contributed by atoms with van der Waals surface area (Å²) in [5.74, 6) is 0. The maximum Gasteiger partial charge on any atom is 0.187 e. The van der Waals surface area contributed by atoms with E-state index in [2.05, 4.69) is 77.4 Å². The molecule has 160 valence electrons. The molecule has 0 aliphatic carbocycles. The smallest absolute Gasteiger partial charge is 0.187 e. The van der Waals surface area contributed by atoms with Gasteiger partial charge in [-0.3, -0.25) is 4.90 Å². The van der Waals surface area contributed by atoms with E-state index in [1.54, 1.807) is 0 Å². The maximum atomic E-state index is 10.8. The van der Waals surface area contributed by atoms with E-state index in [0.717, 1.165) is 31.5 Å².